The number of nitrogens with one attached hydrogen (secondary N) is 1. The highest BCUT2D eigenvalue weighted by Gasteiger charge is 2.10. The minimum atomic E-state index is -3.13. The van der Waals surface area contributed by atoms with E-state index in [4.69, 9.17) is 0 Å². The molecule has 2 aromatic rings. The van der Waals surface area contributed by atoms with Crippen molar-refractivity contribution in [1.29, 1.82) is 0 Å². The molecule has 0 unspecified atom stereocenters. The smallest absolute Gasteiger partial charge is 0.255 e. The van der Waals surface area contributed by atoms with E-state index in [1.165, 1.54) is 6.26 Å². The SMILES string of the molecule is CN(C)c1ccc(NC(=O)c2cccc(CS(C)(=O)=O)c2)cc1. The van der Waals surface area contributed by atoms with Crippen molar-refractivity contribution in [2.75, 3.05) is 30.6 Å². The molecule has 6 heteroatoms. The van der Waals surface area contributed by atoms with Gasteiger partial charge in [-0.25, -0.2) is 8.42 Å². The molecule has 0 aliphatic heterocycles. The first-order chi connectivity index (χ1) is 10.7. The van der Waals surface area contributed by atoms with Crippen LogP contribution in [0.5, 0.6) is 0 Å². The van der Waals surface area contributed by atoms with Crippen LogP contribution in [0.4, 0.5) is 11.4 Å². The van der Waals surface area contributed by atoms with Gasteiger partial charge in [0.15, 0.2) is 9.84 Å². The monoisotopic (exact) mass is 332 g/mol. The average Bonchev–Trinajstić information content (AvgIpc) is 2.46. The maximum Gasteiger partial charge on any atom is 0.255 e. The van der Waals surface area contributed by atoms with Crippen molar-refractivity contribution in [3.63, 3.8) is 0 Å². The molecule has 0 spiro atoms. The zero-order valence-corrected chi connectivity index (χ0v) is 14.2. The van der Waals surface area contributed by atoms with E-state index in [0.717, 1.165) is 5.69 Å². The first kappa shape index (κ1) is 17.0. The van der Waals surface area contributed by atoms with Gasteiger partial charge in [-0.1, -0.05) is 12.1 Å². The van der Waals surface area contributed by atoms with Crippen LogP contribution in [0.2, 0.25) is 0 Å². The van der Waals surface area contributed by atoms with Crippen LogP contribution in [0, 0.1) is 0 Å². The van der Waals surface area contributed by atoms with Gasteiger partial charge in [-0.15, -0.1) is 0 Å². The summed E-state index contributed by atoms with van der Waals surface area (Å²) >= 11 is 0. The number of hydrogen-bond donors (Lipinski definition) is 1. The lowest BCUT2D eigenvalue weighted by molar-refractivity contribution is 0.102. The number of carbonyl (C=O) groups excluding carboxylic acids is 1. The van der Waals surface area contributed by atoms with Gasteiger partial charge in [0.1, 0.15) is 0 Å². The summed E-state index contributed by atoms with van der Waals surface area (Å²) in [5, 5.41) is 2.81. The van der Waals surface area contributed by atoms with E-state index < -0.39 is 9.84 Å². The first-order valence-electron chi connectivity index (χ1n) is 7.10. The molecule has 0 aliphatic rings. The fourth-order valence-electron chi connectivity index (χ4n) is 2.15. The van der Waals surface area contributed by atoms with Crippen LogP contribution >= 0.6 is 0 Å². The van der Waals surface area contributed by atoms with Crippen molar-refractivity contribution < 1.29 is 13.2 Å². The van der Waals surface area contributed by atoms with Gasteiger partial charge >= 0.3 is 0 Å². The van der Waals surface area contributed by atoms with Crippen LogP contribution in [0.25, 0.3) is 0 Å². The lowest BCUT2D eigenvalue weighted by Gasteiger charge is -2.13. The number of nitrogens with zero attached hydrogens (tertiary/aromatic N) is 1. The fourth-order valence-corrected chi connectivity index (χ4v) is 2.94. The van der Waals surface area contributed by atoms with E-state index >= 15 is 0 Å². The lowest BCUT2D eigenvalue weighted by atomic mass is 10.1. The van der Waals surface area contributed by atoms with E-state index in [1.807, 2.05) is 43.3 Å². The molecule has 0 heterocycles. The lowest BCUT2D eigenvalue weighted by Crippen LogP contribution is -2.13. The Hall–Kier alpha value is -2.34. The number of hydrogen-bond acceptors (Lipinski definition) is 4. The molecular formula is C17H20N2O3S. The third kappa shape index (κ3) is 5.10. The minimum Gasteiger partial charge on any atom is -0.378 e. The van der Waals surface area contributed by atoms with Gasteiger partial charge in [0, 0.05) is 37.3 Å². The van der Waals surface area contributed by atoms with Gasteiger partial charge in [0.2, 0.25) is 0 Å². The van der Waals surface area contributed by atoms with E-state index in [2.05, 4.69) is 5.32 Å². The zero-order valence-electron chi connectivity index (χ0n) is 13.4. The van der Waals surface area contributed by atoms with Crippen molar-refractivity contribution in [3.05, 3.63) is 59.7 Å². The Morgan fingerprint density at radius 2 is 1.74 bits per heavy atom. The van der Waals surface area contributed by atoms with Crippen LogP contribution in [0.15, 0.2) is 48.5 Å². The maximum absolute atomic E-state index is 12.3. The molecule has 0 fully saturated rings. The average molecular weight is 332 g/mol. The summed E-state index contributed by atoms with van der Waals surface area (Å²) in [6.07, 6.45) is 1.17. The predicted molar refractivity (Wildman–Crippen MR) is 93.7 cm³/mol. The summed E-state index contributed by atoms with van der Waals surface area (Å²) in [5.41, 5.74) is 2.76. The van der Waals surface area contributed by atoms with Crippen LogP contribution in [0.3, 0.4) is 0 Å². The highest BCUT2D eigenvalue weighted by Crippen LogP contribution is 2.17. The Bertz CT molecular complexity index is 797. The molecule has 5 nitrogen and oxygen atoms in total. The second kappa shape index (κ2) is 6.83. The van der Waals surface area contributed by atoms with Crippen LogP contribution in [-0.2, 0) is 15.6 Å². The summed E-state index contributed by atoms with van der Waals surface area (Å²) in [6.45, 7) is 0. The molecule has 1 amide bonds. The Morgan fingerprint density at radius 3 is 2.30 bits per heavy atom. The van der Waals surface area contributed by atoms with Gasteiger partial charge in [0.25, 0.3) is 5.91 Å². The Labute approximate surface area is 136 Å². The normalized spacial score (nSPS) is 11.1. The third-order valence-electron chi connectivity index (χ3n) is 3.26. The highest BCUT2D eigenvalue weighted by molar-refractivity contribution is 7.89. The van der Waals surface area contributed by atoms with Crippen molar-refractivity contribution in [2.24, 2.45) is 0 Å². The van der Waals surface area contributed by atoms with E-state index in [9.17, 15) is 13.2 Å². The predicted octanol–water partition coefficient (Wildman–Crippen LogP) is 2.55. The second-order valence-corrected chi connectivity index (χ2v) is 7.81. The number of benzene rings is 2. The molecular weight excluding hydrogens is 312 g/mol. The summed E-state index contributed by atoms with van der Waals surface area (Å²) in [5.74, 6) is -0.344. The molecule has 2 rings (SSSR count). The van der Waals surface area contributed by atoms with Gasteiger partial charge in [-0.3, -0.25) is 4.79 Å². The van der Waals surface area contributed by atoms with Gasteiger partial charge in [-0.05, 0) is 42.0 Å². The Kier molecular flexibility index (Phi) is 5.05. The standard InChI is InChI=1S/C17H20N2O3S/c1-19(2)16-9-7-15(8-10-16)18-17(20)14-6-4-5-13(11-14)12-23(3,21)22/h4-11H,12H2,1-3H3,(H,18,20). The highest BCUT2D eigenvalue weighted by atomic mass is 32.2. The molecule has 0 bridgehead atoms. The molecule has 0 radical (unpaired) electrons. The summed E-state index contributed by atoms with van der Waals surface area (Å²) in [4.78, 5) is 14.3. The second-order valence-electron chi connectivity index (χ2n) is 5.67. The number of amides is 1. The van der Waals surface area contributed by atoms with Crippen LogP contribution in [-0.4, -0.2) is 34.7 Å². The maximum atomic E-state index is 12.3. The molecule has 23 heavy (non-hydrogen) atoms. The fraction of sp³-hybridized carbons (Fsp3) is 0.235. The molecule has 122 valence electrons. The summed E-state index contributed by atoms with van der Waals surface area (Å²) < 4.78 is 22.7. The summed E-state index contributed by atoms with van der Waals surface area (Å²) in [6, 6.07) is 14.1. The topological polar surface area (TPSA) is 66.5 Å². The number of rotatable bonds is 5. The van der Waals surface area contributed by atoms with Crippen molar-refractivity contribution in [2.45, 2.75) is 5.75 Å². The largest absolute Gasteiger partial charge is 0.378 e. The summed E-state index contributed by atoms with van der Waals surface area (Å²) in [7, 11) is 0.763. The van der Waals surface area contributed by atoms with E-state index in [0.29, 0.717) is 16.8 Å². The molecule has 2 aromatic carbocycles. The van der Waals surface area contributed by atoms with Gasteiger partial charge in [-0.2, -0.15) is 0 Å². The molecule has 0 aliphatic carbocycles. The quantitative estimate of drug-likeness (QED) is 0.914. The van der Waals surface area contributed by atoms with Crippen LogP contribution in [0.1, 0.15) is 15.9 Å². The molecule has 0 saturated carbocycles. The molecule has 1 N–H and O–H groups in total. The first-order valence-corrected chi connectivity index (χ1v) is 9.16. The third-order valence-corrected chi connectivity index (χ3v) is 4.12. The van der Waals surface area contributed by atoms with Crippen LogP contribution < -0.4 is 10.2 Å². The minimum absolute atomic E-state index is 0.0777. The zero-order chi connectivity index (χ0) is 17.0. The van der Waals surface area contributed by atoms with Gasteiger partial charge in [0.05, 0.1) is 5.75 Å². The molecule has 0 saturated heterocycles. The molecule has 0 aromatic heterocycles. The van der Waals surface area contributed by atoms with Crippen molar-refractivity contribution in [3.8, 4) is 0 Å². The Morgan fingerprint density at radius 1 is 1.09 bits per heavy atom. The molecule has 0 atom stereocenters. The van der Waals surface area contributed by atoms with Crippen molar-refractivity contribution in [1.82, 2.24) is 0 Å². The van der Waals surface area contributed by atoms with Gasteiger partial charge < -0.3 is 10.2 Å². The van der Waals surface area contributed by atoms with E-state index in [-0.39, 0.29) is 11.7 Å². The van der Waals surface area contributed by atoms with E-state index in [1.54, 1.807) is 24.3 Å². The number of sulfone groups is 1. The number of carbonyl (C=O) groups is 1. The number of anilines is 2. The van der Waals surface area contributed by atoms with Crippen molar-refractivity contribution >= 4 is 27.1 Å². The Balaban J connectivity index is 2.13.